The zero-order valence-corrected chi connectivity index (χ0v) is 15.1. The molecule has 2 aromatic carbocycles. The van der Waals surface area contributed by atoms with E-state index in [4.69, 9.17) is 9.47 Å². The first-order valence-electron chi connectivity index (χ1n) is 9.59. The molecule has 0 amide bonds. The third kappa shape index (κ3) is 4.05. The van der Waals surface area contributed by atoms with E-state index in [0.29, 0.717) is 43.9 Å². The van der Waals surface area contributed by atoms with Crippen molar-refractivity contribution < 1.29 is 14.3 Å². The monoisotopic (exact) mass is 350 g/mol. The van der Waals surface area contributed by atoms with Crippen LogP contribution >= 0.6 is 0 Å². The van der Waals surface area contributed by atoms with Crippen LogP contribution in [0.1, 0.15) is 30.4 Å². The van der Waals surface area contributed by atoms with Gasteiger partial charge in [-0.15, -0.1) is 0 Å². The Balaban J connectivity index is 1.38. The van der Waals surface area contributed by atoms with Gasteiger partial charge in [-0.05, 0) is 29.9 Å². The fourth-order valence-corrected chi connectivity index (χ4v) is 4.42. The van der Waals surface area contributed by atoms with Crippen molar-refractivity contribution in [3.05, 3.63) is 71.8 Å². The first-order valence-corrected chi connectivity index (χ1v) is 9.59. The summed E-state index contributed by atoms with van der Waals surface area (Å²) < 4.78 is 12.3. The molecule has 26 heavy (non-hydrogen) atoms. The van der Waals surface area contributed by atoms with Crippen LogP contribution in [-0.4, -0.2) is 18.5 Å². The molecule has 0 unspecified atom stereocenters. The summed E-state index contributed by atoms with van der Waals surface area (Å²) >= 11 is 0. The van der Waals surface area contributed by atoms with Crippen LogP contribution in [0.3, 0.4) is 0 Å². The number of ether oxygens (including phenoxy) is 2. The average Bonchev–Trinajstić information content (AvgIpc) is 2.99. The Morgan fingerprint density at radius 1 is 0.846 bits per heavy atom. The molecule has 0 heterocycles. The average molecular weight is 350 g/mol. The van der Waals surface area contributed by atoms with Crippen LogP contribution in [0.5, 0.6) is 0 Å². The summed E-state index contributed by atoms with van der Waals surface area (Å²) in [5.41, 5.74) is 2.37. The third-order valence-electron chi connectivity index (χ3n) is 5.83. The van der Waals surface area contributed by atoms with Gasteiger partial charge < -0.3 is 9.47 Å². The van der Waals surface area contributed by atoms with Gasteiger partial charge in [0.1, 0.15) is 5.78 Å². The minimum Gasteiger partial charge on any atom is -0.376 e. The topological polar surface area (TPSA) is 35.5 Å². The molecule has 0 saturated heterocycles. The second kappa shape index (κ2) is 8.15. The fraction of sp³-hybridized carbons (Fsp3) is 0.435. The molecule has 3 heteroatoms. The Labute approximate surface area is 155 Å². The molecule has 0 aliphatic heterocycles. The summed E-state index contributed by atoms with van der Waals surface area (Å²) in [6.45, 7) is 1.89. The molecule has 136 valence electrons. The lowest BCUT2D eigenvalue weighted by molar-refractivity contribution is -0.122. The second-order valence-corrected chi connectivity index (χ2v) is 7.60. The predicted octanol–water partition coefficient (Wildman–Crippen LogP) is 4.40. The Hall–Kier alpha value is -1.97. The van der Waals surface area contributed by atoms with E-state index in [0.717, 1.165) is 12.8 Å². The van der Waals surface area contributed by atoms with Crippen molar-refractivity contribution in [1.82, 2.24) is 0 Å². The van der Waals surface area contributed by atoms with Crippen LogP contribution in [0.25, 0.3) is 0 Å². The van der Waals surface area contributed by atoms with Gasteiger partial charge in [-0.2, -0.15) is 0 Å². The highest BCUT2D eigenvalue weighted by molar-refractivity contribution is 5.83. The lowest BCUT2D eigenvalue weighted by atomic mass is 9.78. The molecule has 3 nitrogen and oxygen atoms in total. The molecule has 2 aliphatic rings. The fourth-order valence-electron chi connectivity index (χ4n) is 4.42. The van der Waals surface area contributed by atoms with E-state index in [2.05, 4.69) is 24.3 Å². The number of carbonyl (C=O) groups excluding carboxylic acids is 1. The molecule has 0 aromatic heterocycles. The molecular formula is C23H26O3. The second-order valence-electron chi connectivity index (χ2n) is 7.60. The molecule has 4 rings (SSSR count). The minimum absolute atomic E-state index is 0.112. The molecule has 2 aromatic rings. The van der Waals surface area contributed by atoms with E-state index in [1.54, 1.807) is 0 Å². The molecule has 4 atom stereocenters. The highest BCUT2D eigenvalue weighted by Crippen LogP contribution is 2.45. The predicted molar refractivity (Wildman–Crippen MR) is 100 cm³/mol. The standard InChI is InChI=1S/C23H26O3/c24-22-12-19-11-20(22)13-23(26-15-18-9-5-2-6-10-18)21(19)16-25-14-17-7-3-1-4-8-17/h1-10,19-21,23H,11-16H2/t19-,20-,21+,23+/m1/s1. The van der Waals surface area contributed by atoms with E-state index in [1.165, 1.54) is 11.1 Å². The van der Waals surface area contributed by atoms with Crippen molar-refractivity contribution in [2.75, 3.05) is 6.61 Å². The van der Waals surface area contributed by atoms with Crippen molar-refractivity contribution in [3.8, 4) is 0 Å². The zero-order valence-electron chi connectivity index (χ0n) is 15.1. The SMILES string of the molecule is O=C1C[C@H]2C[C@@H]1C[C@H](OCc1ccccc1)[C@H]2COCc1ccccc1. The van der Waals surface area contributed by atoms with Crippen molar-refractivity contribution in [2.45, 2.75) is 38.6 Å². The number of ketones is 1. The van der Waals surface area contributed by atoms with Crippen LogP contribution < -0.4 is 0 Å². The Morgan fingerprint density at radius 2 is 1.50 bits per heavy atom. The normalized spacial score (nSPS) is 27.6. The van der Waals surface area contributed by atoms with Gasteiger partial charge in [-0.1, -0.05) is 60.7 Å². The lowest BCUT2D eigenvalue weighted by Gasteiger charge is -2.35. The third-order valence-corrected chi connectivity index (χ3v) is 5.83. The first kappa shape index (κ1) is 17.4. The summed E-state index contributed by atoms with van der Waals surface area (Å²) in [6.07, 6.45) is 2.68. The Morgan fingerprint density at radius 3 is 2.19 bits per heavy atom. The number of hydrogen-bond acceptors (Lipinski definition) is 3. The number of carbonyl (C=O) groups is 1. The minimum atomic E-state index is 0.112. The van der Waals surface area contributed by atoms with Crippen molar-refractivity contribution in [2.24, 2.45) is 17.8 Å². The van der Waals surface area contributed by atoms with Gasteiger partial charge in [-0.3, -0.25) is 4.79 Å². The summed E-state index contributed by atoms with van der Waals surface area (Å²) in [5.74, 6) is 1.35. The maximum Gasteiger partial charge on any atom is 0.136 e. The highest BCUT2D eigenvalue weighted by Gasteiger charge is 2.46. The number of fused-ring (bicyclic) bond motifs is 2. The number of rotatable bonds is 7. The largest absolute Gasteiger partial charge is 0.376 e. The smallest absolute Gasteiger partial charge is 0.136 e. The van der Waals surface area contributed by atoms with Gasteiger partial charge in [0.15, 0.2) is 0 Å². The Bertz CT molecular complexity index is 713. The van der Waals surface area contributed by atoms with Crippen LogP contribution in [-0.2, 0) is 27.5 Å². The van der Waals surface area contributed by atoms with Crippen LogP contribution in [0.15, 0.2) is 60.7 Å². The molecule has 2 fully saturated rings. The van der Waals surface area contributed by atoms with Crippen LogP contribution in [0, 0.1) is 17.8 Å². The highest BCUT2D eigenvalue weighted by atomic mass is 16.5. The number of hydrogen-bond donors (Lipinski definition) is 0. The molecule has 2 bridgehead atoms. The van der Waals surface area contributed by atoms with E-state index in [1.807, 2.05) is 36.4 Å². The van der Waals surface area contributed by atoms with Crippen LogP contribution in [0.2, 0.25) is 0 Å². The van der Waals surface area contributed by atoms with Crippen molar-refractivity contribution >= 4 is 5.78 Å². The molecule has 0 spiro atoms. The maximum absolute atomic E-state index is 12.2. The van der Waals surface area contributed by atoms with Crippen LogP contribution in [0.4, 0.5) is 0 Å². The van der Waals surface area contributed by atoms with Crippen molar-refractivity contribution in [1.29, 1.82) is 0 Å². The van der Waals surface area contributed by atoms with Gasteiger partial charge in [0.2, 0.25) is 0 Å². The molecule has 0 N–H and O–H groups in total. The summed E-state index contributed by atoms with van der Waals surface area (Å²) in [4.78, 5) is 12.2. The van der Waals surface area contributed by atoms with Gasteiger partial charge in [0, 0.05) is 18.3 Å². The Kier molecular flexibility index (Phi) is 5.47. The van der Waals surface area contributed by atoms with Crippen molar-refractivity contribution in [3.63, 3.8) is 0 Å². The van der Waals surface area contributed by atoms with Gasteiger partial charge in [0.25, 0.3) is 0 Å². The quantitative estimate of drug-likeness (QED) is 0.742. The summed E-state index contributed by atoms with van der Waals surface area (Å²) in [6, 6.07) is 20.5. The van der Waals surface area contributed by atoms with E-state index < -0.39 is 0 Å². The summed E-state index contributed by atoms with van der Waals surface area (Å²) in [7, 11) is 0. The lowest BCUT2D eigenvalue weighted by Crippen LogP contribution is -2.37. The van der Waals surface area contributed by atoms with Gasteiger partial charge in [0.05, 0.1) is 25.9 Å². The molecular weight excluding hydrogens is 324 g/mol. The van der Waals surface area contributed by atoms with Gasteiger partial charge in [-0.25, -0.2) is 0 Å². The number of benzene rings is 2. The van der Waals surface area contributed by atoms with Gasteiger partial charge >= 0.3 is 0 Å². The maximum atomic E-state index is 12.2. The molecule has 2 saturated carbocycles. The van der Waals surface area contributed by atoms with E-state index >= 15 is 0 Å². The zero-order chi connectivity index (χ0) is 17.8. The molecule has 0 radical (unpaired) electrons. The number of Topliss-reactive ketones (excluding diaryl/α,β-unsaturated/α-hetero) is 1. The summed E-state index contributed by atoms with van der Waals surface area (Å²) in [5, 5.41) is 0. The van der Waals surface area contributed by atoms with E-state index in [-0.39, 0.29) is 12.0 Å². The molecule has 2 aliphatic carbocycles. The van der Waals surface area contributed by atoms with E-state index in [9.17, 15) is 4.79 Å². The first-order chi connectivity index (χ1) is 12.8.